The van der Waals surface area contributed by atoms with E-state index in [9.17, 15) is 24.9 Å². The molecule has 4 atom stereocenters. The van der Waals surface area contributed by atoms with Gasteiger partial charge in [-0.1, -0.05) is 0 Å². The van der Waals surface area contributed by atoms with Gasteiger partial charge in [-0.25, -0.2) is 4.79 Å². The highest BCUT2D eigenvalue weighted by Gasteiger charge is 2.37. The number of nitrogens with one attached hydrogen (secondary N) is 1. The Morgan fingerprint density at radius 3 is 1.50 bits per heavy atom. The van der Waals surface area contributed by atoms with Gasteiger partial charge in [0.2, 0.25) is 0 Å². The number of terminal acetylenes is 1. The summed E-state index contributed by atoms with van der Waals surface area (Å²) < 4.78 is 0. The number of hydrogen-bond donors (Lipinski definition) is 6. The van der Waals surface area contributed by atoms with Crippen LogP contribution in [0.5, 0.6) is 0 Å². The summed E-state index contributed by atoms with van der Waals surface area (Å²) in [5.41, 5.74) is 0. The SMILES string of the molecule is C#CC#CC#CC#CC#CC#CC#CNC(=O)[C@@H](O)[C@H](O)[C@@H](O)[C@@H](O)C(=O)O. The fourth-order valence-electron chi connectivity index (χ4n) is 1.19. The molecule has 0 unspecified atom stereocenters. The normalized spacial score (nSPS) is 11.8. The molecule has 0 aliphatic carbocycles. The van der Waals surface area contributed by atoms with E-state index in [0.717, 1.165) is 0 Å². The van der Waals surface area contributed by atoms with Crippen LogP contribution < -0.4 is 5.32 Å². The van der Waals surface area contributed by atoms with Gasteiger partial charge in [0, 0.05) is 41.6 Å². The molecule has 1 amide bonds. The number of aliphatic hydroxyl groups is 4. The highest BCUT2D eigenvalue weighted by atomic mass is 16.4. The van der Waals surface area contributed by atoms with E-state index in [-0.39, 0.29) is 0 Å². The van der Waals surface area contributed by atoms with Crippen LogP contribution in [0.4, 0.5) is 0 Å². The largest absolute Gasteiger partial charge is 0.479 e. The van der Waals surface area contributed by atoms with Crippen LogP contribution in [-0.2, 0) is 9.59 Å². The average Bonchev–Trinajstić information content (AvgIpc) is 2.68. The van der Waals surface area contributed by atoms with Gasteiger partial charge >= 0.3 is 5.97 Å². The van der Waals surface area contributed by atoms with Crippen LogP contribution in [0.3, 0.4) is 0 Å². The van der Waals surface area contributed by atoms with E-state index in [1.165, 1.54) is 0 Å². The standard InChI is InChI=1S/C20H11NO7/c1-2-3-4-5-6-7-8-9-10-11-12-13-14-21-19(26)17(24)15(22)16(23)18(25)20(27)28/h1,15-18,22-25H,(H,21,26)(H,27,28)/t15-,16-,17+,18-/m1/s1. The number of hydrogen-bond acceptors (Lipinski definition) is 6. The molecule has 8 nitrogen and oxygen atoms in total. The van der Waals surface area contributed by atoms with Gasteiger partial charge in [0.25, 0.3) is 5.91 Å². The molecule has 0 aromatic heterocycles. The number of aliphatic hydroxyl groups excluding tert-OH is 4. The van der Waals surface area contributed by atoms with Crippen LogP contribution in [-0.4, -0.2) is 61.8 Å². The quantitative estimate of drug-likeness (QED) is 0.213. The van der Waals surface area contributed by atoms with Crippen molar-refractivity contribution in [1.29, 1.82) is 0 Å². The lowest BCUT2D eigenvalue weighted by Gasteiger charge is -2.23. The van der Waals surface area contributed by atoms with Gasteiger partial charge in [-0.2, -0.15) is 0 Å². The Labute approximate surface area is 161 Å². The van der Waals surface area contributed by atoms with E-state index in [1.54, 1.807) is 0 Å². The zero-order valence-corrected chi connectivity index (χ0v) is 13.9. The molecule has 138 valence electrons. The molecule has 28 heavy (non-hydrogen) atoms. The molecule has 0 aliphatic heterocycles. The summed E-state index contributed by atoms with van der Waals surface area (Å²) >= 11 is 0. The summed E-state index contributed by atoms with van der Waals surface area (Å²) in [7, 11) is 0. The van der Waals surface area contributed by atoms with E-state index in [1.807, 2.05) is 11.4 Å². The van der Waals surface area contributed by atoms with Crippen LogP contribution in [0, 0.1) is 83.5 Å². The van der Waals surface area contributed by atoms with Crippen molar-refractivity contribution in [3.8, 4) is 83.5 Å². The molecule has 8 heteroatoms. The zero-order valence-electron chi connectivity index (χ0n) is 13.9. The molecule has 0 radical (unpaired) electrons. The van der Waals surface area contributed by atoms with Crippen molar-refractivity contribution in [3.63, 3.8) is 0 Å². The fraction of sp³-hybridized carbons (Fsp3) is 0.200. The molecule has 0 saturated carbocycles. The number of carboxylic acid groups (broad SMARTS) is 1. The summed E-state index contributed by atoms with van der Waals surface area (Å²) in [6.45, 7) is 0. The first kappa shape index (κ1) is 23.7. The minimum Gasteiger partial charge on any atom is -0.479 e. The lowest BCUT2D eigenvalue weighted by molar-refractivity contribution is -0.166. The minimum atomic E-state index is -2.39. The first-order valence-corrected chi connectivity index (χ1v) is 7.03. The molecular weight excluding hydrogens is 366 g/mol. The molecule has 0 fully saturated rings. The fourth-order valence-corrected chi connectivity index (χ4v) is 1.19. The first-order valence-electron chi connectivity index (χ1n) is 7.03. The molecular formula is C20H11NO7. The maximum atomic E-state index is 11.5. The second-order valence-corrected chi connectivity index (χ2v) is 4.34. The van der Waals surface area contributed by atoms with E-state index in [4.69, 9.17) is 16.6 Å². The zero-order chi connectivity index (χ0) is 21.4. The third-order valence-corrected chi connectivity index (χ3v) is 2.46. The van der Waals surface area contributed by atoms with Crippen LogP contribution in [0.2, 0.25) is 0 Å². The third kappa shape index (κ3) is 9.87. The predicted molar refractivity (Wildman–Crippen MR) is 95.3 cm³/mol. The smallest absolute Gasteiger partial charge is 0.335 e. The number of carbonyl (C=O) groups excluding carboxylic acids is 1. The molecule has 0 rings (SSSR count). The van der Waals surface area contributed by atoms with Crippen LogP contribution >= 0.6 is 0 Å². The number of amides is 1. The molecule has 0 heterocycles. The maximum absolute atomic E-state index is 11.5. The first-order chi connectivity index (χ1) is 13.3. The Bertz CT molecular complexity index is 1020. The van der Waals surface area contributed by atoms with Crippen LogP contribution in [0.15, 0.2) is 0 Å². The monoisotopic (exact) mass is 377 g/mol. The van der Waals surface area contributed by atoms with Gasteiger partial charge in [-0.05, 0) is 35.5 Å². The van der Waals surface area contributed by atoms with Gasteiger partial charge < -0.3 is 25.5 Å². The lowest BCUT2D eigenvalue weighted by Crippen LogP contribution is -2.52. The number of aliphatic carboxylic acids is 1. The number of rotatable bonds is 5. The van der Waals surface area contributed by atoms with Crippen molar-refractivity contribution in [2.45, 2.75) is 24.4 Å². The molecule has 6 N–H and O–H groups in total. The van der Waals surface area contributed by atoms with Gasteiger partial charge in [0.05, 0.1) is 0 Å². The Hall–Kier alpha value is -4.30. The van der Waals surface area contributed by atoms with Crippen molar-refractivity contribution in [2.75, 3.05) is 0 Å². The summed E-state index contributed by atoms with van der Waals surface area (Å²) in [6.07, 6.45) is -4.31. The molecule has 0 bridgehead atoms. The van der Waals surface area contributed by atoms with Gasteiger partial charge in [0.15, 0.2) is 12.2 Å². The van der Waals surface area contributed by atoms with Gasteiger partial charge in [-0.15, -0.1) is 6.42 Å². The van der Waals surface area contributed by atoms with Crippen molar-refractivity contribution in [2.24, 2.45) is 0 Å². The van der Waals surface area contributed by atoms with E-state index >= 15 is 0 Å². The van der Waals surface area contributed by atoms with Crippen molar-refractivity contribution in [3.05, 3.63) is 0 Å². The van der Waals surface area contributed by atoms with E-state index in [0.29, 0.717) is 0 Å². The second kappa shape index (κ2) is 13.9. The topological polar surface area (TPSA) is 147 Å². The Morgan fingerprint density at radius 1 is 0.679 bits per heavy atom. The van der Waals surface area contributed by atoms with Crippen LogP contribution in [0.25, 0.3) is 0 Å². The lowest BCUT2D eigenvalue weighted by atomic mass is 10.0. The Kier molecular flexibility index (Phi) is 11.8. The molecule has 0 aliphatic rings. The Balaban J connectivity index is 4.61. The predicted octanol–water partition coefficient (Wildman–Crippen LogP) is -3.76. The summed E-state index contributed by atoms with van der Waals surface area (Å²) in [5.74, 6) is 24.3. The highest BCUT2D eigenvalue weighted by molar-refractivity contribution is 5.83. The maximum Gasteiger partial charge on any atom is 0.335 e. The summed E-state index contributed by atoms with van der Waals surface area (Å²) in [4.78, 5) is 22.0. The van der Waals surface area contributed by atoms with Gasteiger partial charge in [-0.3, -0.25) is 10.1 Å². The van der Waals surface area contributed by atoms with Crippen molar-refractivity contribution < 1.29 is 35.1 Å². The minimum absolute atomic E-state index is 1.25. The van der Waals surface area contributed by atoms with Crippen LogP contribution in [0.1, 0.15) is 0 Å². The highest BCUT2D eigenvalue weighted by Crippen LogP contribution is 2.05. The third-order valence-electron chi connectivity index (χ3n) is 2.46. The molecule has 0 aromatic carbocycles. The number of carbonyl (C=O) groups is 2. The Morgan fingerprint density at radius 2 is 1.07 bits per heavy atom. The van der Waals surface area contributed by atoms with Gasteiger partial charge in [0.1, 0.15) is 12.2 Å². The van der Waals surface area contributed by atoms with E-state index in [2.05, 4.69) is 71.0 Å². The average molecular weight is 377 g/mol. The second-order valence-electron chi connectivity index (χ2n) is 4.34. The number of carboxylic acids is 1. The van der Waals surface area contributed by atoms with E-state index < -0.39 is 36.3 Å². The molecule has 0 saturated heterocycles. The molecule has 0 spiro atoms. The van der Waals surface area contributed by atoms with Crippen molar-refractivity contribution >= 4 is 11.9 Å². The summed E-state index contributed by atoms with van der Waals surface area (Å²) in [6, 6.07) is 2.03. The summed E-state index contributed by atoms with van der Waals surface area (Å²) in [5, 5.41) is 47.7. The molecule has 0 aromatic rings. The van der Waals surface area contributed by atoms with Crippen molar-refractivity contribution in [1.82, 2.24) is 5.32 Å².